The number of hydrogen-bond donors (Lipinski definition) is 1. The molecule has 0 radical (unpaired) electrons. The number of rotatable bonds is 5. The van der Waals surface area contributed by atoms with Crippen molar-refractivity contribution in [2.24, 2.45) is 5.73 Å². The Labute approximate surface area is 125 Å². The van der Waals surface area contributed by atoms with Gasteiger partial charge in [0, 0.05) is 22.6 Å². The second-order valence-corrected chi connectivity index (χ2v) is 5.16. The predicted octanol–water partition coefficient (Wildman–Crippen LogP) is 3.63. The van der Waals surface area contributed by atoms with Crippen molar-refractivity contribution in [1.29, 1.82) is 0 Å². The van der Waals surface area contributed by atoms with E-state index in [-0.39, 0.29) is 12.4 Å². The largest absolute Gasteiger partial charge is 0.497 e. The summed E-state index contributed by atoms with van der Waals surface area (Å²) < 4.78 is 24.8. The van der Waals surface area contributed by atoms with Crippen LogP contribution in [0.15, 0.2) is 40.9 Å². The van der Waals surface area contributed by atoms with Crippen LogP contribution >= 0.6 is 15.9 Å². The van der Waals surface area contributed by atoms with Crippen LogP contribution < -0.4 is 15.2 Å². The molecule has 2 aromatic rings. The van der Waals surface area contributed by atoms with Crippen molar-refractivity contribution in [2.75, 3.05) is 7.11 Å². The Balaban J connectivity index is 2.17. The lowest BCUT2D eigenvalue weighted by atomic mass is 10.2. The molecule has 0 saturated heterocycles. The summed E-state index contributed by atoms with van der Waals surface area (Å²) >= 11 is 3.25. The van der Waals surface area contributed by atoms with Crippen molar-refractivity contribution in [2.45, 2.75) is 13.2 Å². The molecule has 2 aromatic carbocycles. The van der Waals surface area contributed by atoms with Crippen molar-refractivity contribution < 1.29 is 13.9 Å². The van der Waals surface area contributed by atoms with Gasteiger partial charge in [-0.1, -0.05) is 22.0 Å². The number of methoxy groups -OCH3 is 1. The lowest BCUT2D eigenvalue weighted by Gasteiger charge is -2.12. The Morgan fingerprint density at radius 2 is 2.00 bits per heavy atom. The molecule has 0 aliphatic rings. The molecule has 20 heavy (non-hydrogen) atoms. The smallest absolute Gasteiger partial charge is 0.127 e. The predicted molar refractivity (Wildman–Crippen MR) is 79.3 cm³/mol. The quantitative estimate of drug-likeness (QED) is 0.904. The van der Waals surface area contributed by atoms with E-state index in [9.17, 15) is 4.39 Å². The third kappa shape index (κ3) is 3.71. The van der Waals surface area contributed by atoms with Crippen molar-refractivity contribution in [1.82, 2.24) is 0 Å². The van der Waals surface area contributed by atoms with Gasteiger partial charge < -0.3 is 15.2 Å². The average Bonchev–Trinajstić information content (AvgIpc) is 2.43. The molecule has 0 fully saturated rings. The van der Waals surface area contributed by atoms with E-state index in [2.05, 4.69) is 15.9 Å². The third-order valence-corrected chi connectivity index (χ3v) is 3.27. The molecule has 106 valence electrons. The van der Waals surface area contributed by atoms with E-state index in [4.69, 9.17) is 15.2 Å². The summed E-state index contributed by atoms with van der Waals surface area (Å²) in [4.78, 5) is 0. The van der Waals surface area contributed by atoms with Gasteiger partial charge in [-0.25, -0.2) is 4.39 Å². The van der Waals surface area contributed by atoms with Crippen LogP contribution in [0, 0.1) is 5.82 Å². The van der Waals surface area contributed by atoms with E-state index < -0.39 is 0 Å². The fraction of sp³-hybridized carbons (Fsp3) is 0.200. The Kier molecular flexibility index (Phi) is 4.98. The molecule has 0 aliphatic carbocycles. The first kappa shape index (κ1) is 14.8. The van der Waals surface area contributed by atoms with E-state index in [0.29, 0.717) is 22.5 Å². The van der Waals surface area contributed by atoms with Crippen LogP contribution in [0.25, 0.3) is 0 Å². The topological polar surface area (TPSA) is 44.5 Å². The minimum absolute atomic E-state index is 0.260. The number of benzene rings is 2. The number of hydrogen-bond acceptors (Lipinski definition) is 3. The van der Waals surface area contributed by atoms with Gasteiger partial charge in [-0.3, -0.25) is 0 Å². The molecular formula is C15H15BrFNO2. The van der Waals surface area contributed by atoms with E-state index in [0.717, 1.165) is 11.1 Å². The van der Waals surface area contributed by atoms with Crippen molar-refractivity contribution >= 4 is 15.9 Å². The molecule has 0 saturated carbocycles. The standard InChI is InChI=1S/C15H15BrFNO2/c1-19-14-3-2-11(8-18)15(7-14)20-9-10-4-12(16)6-13(17)5-10/h2-7H,8-9,18H2,1H3. The van der Waals surface area contributed by atoms with Crippen LogP contribution in [0.3, 0.4) is 0 Å². The van der Waals surface area contributed by atoms with Crippen LogP contribution in [0.1, 0.15) is 11.1 Å². The minimum atomic E-state index is -0.303. The first-order valence-electron chi connectivity index (χ1n) is 6.07. The molecule has 0 atom stereocenters. The Morgan fingerprint density at radius 3 is 2.65 bits per heavy atom. The summed E-state index contributed by atoms with van der Waals surface area (Å²) in [5.74, 6) is 1.03. The lowest BCUT2D eigenvalue weighted by Crippen LogP contribution is -2.03. The third-order valence-electron chi connectivity index (χ3n) is 2.81. The minimum Gasteiger partial charge on any atom is -0.497 e. The Bertz CT molecular complexity index is 584. The fourth-order valence-electron chi connectivity index (χ4n) is 1.82. The van der Waals surface area contributed by atoms with Crippen molar-refractivity contribution in [3.63, 3.8) is 0 Å². The summed E-state index contributed by atoms with van der Waals surface area (Å²) in [7, 11) is 1.59. The summed E-state index contributed by atoms with van der Waals surface area (Å²) in [6.45, 7) is 0.628. The maximum absolute atomic E-state index is 13.3. The van der Waals surface area contributed by atoms with Crippen molar-refractivity contribution in [3.8, 4) is 11.5 Å². The van der Waals surface area contributed by atoms with Gasteiger partial charge in [0.1, 0.15) is 23.9 Å². The van der Waals surface area contributed by atoms with Gasteiger partial charge in [0.05, 0.1) is 7.11 Å². The van der Waals surface area contributed by atoms with Gasteiger partial charge in [0.2, 0.25) is 0 Å². The second-order valence-electron chi connectivity index (χ2n) is 4.24. The van der Waals surface area contributed by atoms with Crippen LogP contribution in [-0.4, -0.2) is 7.11 Å². The molecule has 2 rings (SSSR count). The van der Waals surface area contributed by atoms with Crippen LogP contribution in [-0.2, 0) is 13.2 Å². The van der Waals surface area contributed by atoms with Crippen LogP contribution in [0.5, 0.6) is 11.5 Å². The summed E-state index contributed by atoms with van der Waals surface area (Å²) in [5, 5.41) is 0. The van der Waals surface area contributed by atoms with Crippen LogP contribution in [0.2, 0.25) is 0 Å². The highest BCUT2D eigenvalue weighted by Gasteiger charge is 2.06. The monoisotopic (exact) mass is 339 g/mol. The maximum atomic E-state index is 13.3. The normalized spacial score (nSPS) is 10.4. The zero-order chi connectivity index (χ0) is 14.5. The number of ether oxygens (including phenoxy) is 2. The Hall–Kier alpha value is -1.59. The summed E-state index contributed by atoms with van der Waals surface area (Å²) in [5.41, 5.74) is 7.29. The zero-order valence-corrected chi connectivity index (χ0v) is 12.6. The number of nitrogens with two attached hydrogens (primary N) is 1. The maximum Gasteiger partial charge on any atom is 0.127 e. The molecule has 0 aromatic heterocycles. The molecule has 5 heteroatoms. The summed E-state index contributed by atoms with van der Waals surface area (Å²) in [6.07, 6.45) is 0. The first-order chi connectivity index (χ1) is 9.62. The molecular weight excluding hydrogens is 325 g/mol. The van der Waals surface area contributed by atoms with Crippen molar-refractivity contribution in [3.05, 3.63) is 57.8 Å². The highest BCUT2D eigenvalue weighted by atomic mass is 79.9. The summed E-state index contributed by atoms with van der Waals surface area (Å²) in [6, 6.07) is 10.1. The lowest BCUT2D eigenvalue weighted by molar-refractivity contribution is 0.299. The molecule has 0 amide bonds. The SMILES string of the molecule is COc1ccc(CN)c(OCc2cc(F)cc(Br)c2)c1. The van der Waals surface area contributed by atoms with E-state index in [1.54, 1.807) is 13.2 Å². The second kappa shape index (κ2) is 6.72. The van der Waals surface area contributed by atoms with E-state index in [1.165, 1.54) is 12.1 Å². The van der Waals surface area contributed by atoms with Gasteiger partial charge in [0.25, 0.3) is 0 Å². The molecule has 0 bridgehead atoms. The molecule has 0 aliphatic heterocycles. The molecule has 0 unspecified atom stereocenters. The Morgan fingerprint density at radius 1 is 1.20 bits per heavy atom. The van der Waals surface area contributed by atoms with Crippen LogP contribution in [0.4, 0.5) is 4.39 Å². The average molecular weight is 340 g/mol. The molecule has 0 spiro atoms. The van der Waals surface area contributed by atoms with Gasteiger partial charge >= 0.3 is 0 Å². The molecule has 0 heterocycles. The highest BCUT2D eigenvalue weighted by molar-refractivity contribution is 9.10. The van der Waals surface area contributed by atoms with Gasteiger partial charge in [-0.05, 0) is 29.8 Å². The fourth-order valence-corrected chi connectivity index (χ4v) is 2.33. The zero-order valence-electron chi connectivity index (χ0n) is 11.0. The highest BCUT2D eigenvalue weighted by Crippen LogP contribution is 2.26. The molecule has 2 N–H and O–H groups in total. The van der Waals surface area contributed by atoms with Gasteiger partial charge in [-0.15, -0.1) is 0 Å². The first-order valence-corrected chi connectivity index (χ1v) is 6.86. The van der Waals surface area contributed by atoms with Gasteiger partial charge in [-0.2, -0.15) is 0 Å². The van der Waals surface area contributed by atoms with E-state index >= 15 is 0 Å². The van der Waals surface area contributed by atoms with E-state index in [1.807, 2.05) is 18.2 Å². The van der Waals surface area contributed by atoms with Gasteiger partial charge in [0.15, 0.2) is 0 Å². The molecule has 3 nitrogen and oxygen atoms in total. The number of halogens is 2.